The largest absolute Gasteiger partial charge is 0.425 e. The van der Waals surface area contributed by atoms with Crippen LogP contribution in [-0.4, -0.2) is 9.94 Å². The molecule has 3 nitrogen and oxygen atoms in total. The molecule has 1 aliphatic rings. The predicted molar refractivity (Wildman–Crippen MR) is 49.2 cm³/mol. The third kappa shape index (κ3) is 1.34. The van der Waals surface area contributed by atoms with Crippen LogP contribution in [-0.2, 0) is 0 Å². The standard InChI is InChI=1S/C10H13NO2/c1-7-5-9(8-3-2-4-8)11(13)10(12)6-7/h5-6,8,13H,2-4H2,1H3. The summed E-state index contributed by atoms with van der Waals surface area (Å²) in [5.74, 6) is 0.387. The average Bonchev–Trinajstić information content (AvgIpc) is 1.95. The minimum absolute atomic E-state index is 0.318. The maximum absolute atomic E-state index is 11.2. The Morgan fingerprint density at radius 1 is 1.46 bits per heavy atom. The van der Waals surface area contributed by atoms with Crippen LogP contribution in [0.2, 0.25) is 0 Å². The van der Waals surface area contributed by atoms with Crippen LogP contribution >= 0.6 is 0 Å². The van der Waals surface area contributed by atoms with Gasteiger partial charge in [-0.2, -0.15) is 4.73 Å². The Morgan fingerprint density at radius 3 is 2.69 bits per heavy atom. The second-order valence-corrected chi connectivity index (χ2v) is 3.74. The molecule has 1 saturated carbocycles. The number of aromatic nitrogens is 1. The Bertz CT molecular complexity index is 377. The van der Waals surface area contributed by atoms with Gasteiger partial charge >= 0.3 is 0 Å². The van der Waals surface area contributed by atoms with Crippen LogP contribution in [0.3, 0.4) is 0 Å². The molecule has 1 aliphatic carbocycles. The first-order valence-corrected chi connectivity index (χ1v) is 4.61. The topological polar surface area (TPSA) is 42.2 Å². The van der Waals surface area contributed by atoms with Gasteiger partial charge in [0.15, 0.2) is 0 Å². The van der Waals surface area contributed by atoms with Gasteiger partial charge in [-0.15, -0.1) is 0 Å². The number of hydrogen-bond donors (Lipinski definition) is 1. The molecule has 0 unspecified atom stereocenters. The lowest BCUT2D eigenvalue weighted by Crippen LogP contribution is -2.25. The van der Waals surface area contributed by atoms with Crippen molar-refractivity contribution in [3.05, 3.63) is 33.7 Å². The molecule has 0 spiro atoms. The van der Waals surface area contributed by atoms with E-state index in [9.17, 15) is 10.0 Å². The summed E-state index contributed by atoms with van der Waals surface area (Å²) in [4.78, 5) is 11.2. The highest BCUT2D eigenvalue weighted by Crippen LogP contribution is 2.35. The first-order valence-electron chi connectivity index (χ1n) is 4.61. The van der Waals surface area contributed by atoms with Crippen molar-refractivity contribution >= 4 is 0 Å². The number of nitrogens with zero attached hydrogens (tertiary/aromatic N) is 1. The minimum atomic E-state index is -0.318. The molecule has 70 valence electrons. The number of hydrogen-bond acceptors (Lipinski definition) is 2. The van der Waals surface area contributed by atoms with E-state index in [1.807, 2.05) is 13.0 Å². The highest BCUT2D eigenvalue weighted by Gasteiger charge is 2.23. The van der Waals surface area contributed by atoms with Crippen LogP contribution in [0.25, 0.3) is 0 Å². The fourth-order valence-electron chi connectivity index (χ4n) is 1.71. The van der Waals surface area contributed by atoms with Crippen molar-refractivity contribution in [2.24, 2.45) is 0 Å². The molecule has 0 radical (unpaired) electrons. The van der Waals surface area contributed by atoms with E-state index in [0.29, 0.717) is 5.92 Å². The second-order valence-electron chi connectivity index (χ2n) is 3.74. The van der Waals surface area contributed by atoms with Crippen LogP contribution in [0.5, 0.6) is 0 Å². The van der Waals surface area contributed by atoms with Gasteiger partial charge in [0.05, 0.1) is 5.69 Å². The molecule has 0 aliphatic heterocycles. The summed E-state index contributed by atoms with van der Waals surface area (Å²) in [6, 6.07) is 3.34. The van der Waals surface area contributed by atoms with Crippen molar-refractivity contribution in [1.82, 2.24) is 4.73 Å². The van der Waals surface area contributed by atoms with Crippen molar-refractivity contribution < 1.29 is 5.21 Å². The van der Waals surface area contributed by atoms with E-state index in [-0.39, 0.29) is 5.56 Å². The van der Waals surface area contributed by atoms with Crippen molar-refractivity contribution in [2.75, 3.05) is 0 Å². The minimum Gasteiger partial charge on any atom is -0.425 e. The molecule has 1 N–H and O–H groups in total. The predicted octanol–water partition coefficient (Wildman–Crippen LogP) is 1.66. The molecule has 0 aromatic carbocycles. The Morgan fingerprint density at radius 2 is 2.15 bits per heavy atom. The van der Waals surface area contributed by atoms with Crippen molar-refractivity contribution in [3.8, 4) is 0 Å². The molecule has 0 amide bonds. The molecule has 0 bridgehead atoms. The maximum atomic E-state index is 11.2. The van der Waals surface area contributed by atoms with Gasteiger partial charge in [-0.25, -0.2) is 0 Å². The third-order valence-corrected chi connectivity index (χ3v) is 2.70. The highest BCUT2D eigenvalue weighted by atomic mass is 16.5. The Hall–Kier alpha value is -1.25. The summed E-state index contributed by atoms with van der Waals surface area (Å²) in [6.07, 6.45) is 3.37. The van der Waals surface area contributed by atoms with Crippen LogP contribution < -0.4 is 5.56 Å². The molecule has 0 saturated heterocycles. The molecule has 2 rings (SSSR count). The van der Waals surface area contributed by atoms with Crippen LogP contribution in [0.1, 0.15) is 36.4 Å². The van der Waals surface area contributed by atoms with Gasteiger partial charge in [0.1, 0.15) is 0 Å². The quantitative estimate of drug-likeness (QED) is 0.666. The summed E-state index contributed by atoms with van der Waals surface area (Å²) in [6.45, 7) is 1.88. The molecule has 3 heteroatoms. The van der Waals surface area contributed by atoms with Gasteiger partial charge < -0.3 is 5.21 Å². The lowest BCUT2D eigenvalue weighted by Gasteiger charge is -2.26. The zero-order valence-electron chi connectivity index (χ0n) is 7.66. The number of aryl methyl sites for hydroxylation is 1. The van der Waals surface area contributed by atoms with E-state index in [4.69, 9.17) is 0 Å². The first-order chi connectivity index (χ1) is 6.18. The van der Waals surface area contributed by atoms with Gasteiger partial charge in [0.2, 0.25) is 0 Å². The number of rotatable bonds is 1. The molecule has 1 aromatic rings. The van der Waals surface area contributed by atoms with E-state index in [1.54, 1.807) is 0 Å². The summed E-state index contributed by atoms with van der Waals surface area (Å²) >= 11 is 0. The van der Waals surface area contributed by atoms with Crippen molar-refractivity contribution in [3.63, 3.8) is 0 Å². The van der Waals surface area contributed by atoms with Gasteiger partial charge in [0.25, 0.3) is 5.56 Å². The Kier molecular flexibility index (Phi) is 1.87. The van der Waals surface area contributed by atoms with E-state index in [0.717, 1.165) is 28.8 Å². The van der Waals surface area contributed by atoms with Crippen LogP contribution in [0, 0.1) is 6.92 Å². The van der Waals surface area contributed by atoms with E-state index in [1.165, 1.54) is 12.5 Å². The normalized spacial score (nSPS) is 17.0. The zero-order chi connectivity index (χ0) is 9.42. The van der Waals surface area contributed by atoms with Crippen LogP contribution in [0.4, 0.5) is 0 Å². The lowest BCUT2D eigenvalue weighted by atomic mass is 9.82. The van der Waals surface area contributed by atoms with Gasteiger partial charge in [0, 0.05) is 12.0 Å². The Labute approximate surface area is 76.6 Å². The first kappa shape index (κ1) is 8.35. The molecular weight excluding hydrogens is 166 g/mol. The number of pyridine rings is 1. The molecule has 1 fully saturated rings. The molecular formula is C10H13NO2. The summed E-state index contributed by atoms with van der Waals surface area (Å²) in [7, 11) is 0. The van der Waals surface area contributed by atoms with Gasteiger partial charge in [-0.3, -0.25) is 4.79 Å². The Balaban J connectivity index is 2.48. The van der Waals surface area contributed by atoms with Gasteiger partial charge in [-0.1, -0.05) is 6.42 Å². The summed E-state index contributed by atoms with van der Waals surface area (Å²) in [5.41, 5.74) is 1.38. The second kappa shape index (κ2) is 2.91. The zero-order valence-corrected chi connectivity index (χ0v) is 7.66. The monoisotopic (exact) mass is 179 g/mol. The van der Waals surface area contributed by atoms with Gasteiger partial charge in [-0.05, 0) is 31.4 Å². The van der Waals surface area contributed by atoms with Crippen LogP contribution in [0.15, 0.2) is 16.9 Å². The molecule has 1 heterocycles. The SMILES string of the molecule is Cc1cc(C2CCC2)n(O)c(=O)c1. The van der Waals surface area contributed by atoms with Crippen molar-refractivity contribution in [1.29, 1.82) is 0 Å². The summed E-state index contributed by atoms with van der Waals surface area (Å²) in [5, 5.41) is 9.46. The maximum Gasteiger partial charge on any atom is 0.283 e. The van der Waals surface area contributed by atoms with Crippen molar-refractivity contribution in [2.45, 2.75) is 32.1 Å². The smallest absolute Gasteiger partial charge is 0.283 e. The highest BCUT2D eigenvalue weighted by molar-refractivity contribution is 5.20. The van der Waals surface area contributed by atoms with E-state index in [2.05, 4.69) is 0 Å². The van der Waals surface area contributed by atoms with E-state index >= 15 is 0 Å². The fraction of sp³-hybridized carbons (Fsp3) is 0.500. The third-order valence-electron chi connectivity index (χ3n) is 2.70. The molecule has 1 aromatic heterocycles. The summed E-state index contributed by atoms with van der Waals surface area (Å²) < 4.78 is 0.789. The molecule has 0 atom stereocenters. The van der Waals surface area contributed by atoms with E-state index < -0.39 is 0 Å². The fourth-order valence-corrected chi connectivity index (χ4v) is 1.71. The average molecular weight is 179 g/mol. The lowest BCUT2D eigenvalue weighted by molar-refractivity contribution is 0.153. The molecule has 13 heavy (non-hydrogen) atoms.